The first-order valence-corrected chi connectivity index (χ1v) is 5.20. The van der Waals surface area contributed by atoms with Crippen LogP contribution in [0.2, 0.25) is 0 Å². The minimum atomic E-state index is -0.0935. The number of rotatable bonds is 0. The monoisotopic (exact) mass is 192 g/mol. The lowest BCUT2D eigenvalue weighted by Gasteiger charge is -2.24. The zero-order valence-corrected chi connectivity index (χ0v) is 8.49. The Balaban J connectivity index is 2.26. The highest BCUT2D eigenvalue weighted by atomic mass is 16.2. The van der Waals surface area contributed by atoms with E-state index in [1.54, 1.807) is 11.9 Å². The molecular weight excluding hydrogens is 176 g/mol. The van der Waals surface area contributed by atoms with Gasteiger partial charge in [0.1, 0.15) is 5.71 Å². The van der Waals surface area contributed by atoms with Gasteiger partial charge in [-0.05, 0) is 25.2 Å². The molecule has 1 fully saturated rings. The summed E-state index contributed by atoms with van der Waals surface area (Å²) in [5.74, 6) is 0.506. The molecule has 1 heterocycles. The fourth-order valence-corrected chi connectivity index (χ4v) is 2.35. The van der Waals surface area contributed by atoms with Crippen LogP contribution >= 0.6 is 0 Å². The lowest BCUT2D eigenvalue weighted by atomic mass is 9.80. The summed E-state index contributed by atoms with van der Waals surface area (Å²) in [4.78, 5) is 13.3. The van der Waals surface area contributed by atoms with Crippen molar-refractivity contribution in [1.82, 2.24) is 4.90 Å². The summed E-state index contributed by atoms with van der Waals surface area (Å²) in [6.07, 6.45) is 7.43. The normalized spacial score (nSPS) is 32.8. The third-order valence-electron chi connectivity index (χ3n) is 3.30. The van der Waals surface area contributed by atoms with Gasteiger partial charge in [-0.15, -0.1) is 0 Å². The first-order valence-electron chi connectivity index (χ1n) is 5.20. The molecule has 1 saturated heterocycles. The summed E-state index contributed by atoms with van der Waals surface area (Å²) in [5, 5.41) is 7.85. The molecule has 2 rings (SSSR count). The number of likely N-dealkylation sites (tertiary alicyclic amines) is 1. The van der Waals surface area contributed by atoms with Crippen LogP contribution in [-0.4, -0.2) is 30.1 Å². The molecule has 2 aliphatic rings. The van der Waals surface area contributed by atoms with Crippen LogP contribution in [0.15, 0.2) is 12.2 Å². The minimum Gasteiger partial charge on any atom is -0.341 e. The maximum Gasteiger partial charge on any atom is 0.267 e. The molecule has 3 heteroatoms. The predicted molar refractivity (Wildman–Crippen MR) is 55.3 cm³/mol. The first-order chi connectivity index (χ1) is 6.70. The second kappa shape index (κ2) is 3.56. The van der Waals surface area contributed by atoms with Gasteiger partial charge in [0.05, 0.1) is 0 Å². The van der Waals surface area contributed by atoms with Gasteiger partial charge in [-0.25, -0.2) is 0 Å². The molecule has 0 aromatic rings. The molecule has 0 aromatic carbocycles. The Morgan fingerprint density at radius 2 is 2.29 bits per heavy atom. The van der Waals surface area contributed by atoms with Crippen molar-refractivity contribution in [2.24, 2.45) is 11.8 Å². The summed E-state index contributed by atoms with van der Waals surface area (Å²) in [6.45, 7) is 0.802. The molecule has 0 aromatic heterocycles. The molecule has 1 aliphatic heterocycles. The molecule has 2 atom stereocenters. The van der Waals surface area contributed by atoms with Gasteiger partial charge in [-0.1, -0.05) is 12.2 Å². The lowest BCUT2D eigenvalue weighted by Crippen LogP contribution is -2.34. The smallest absolute Gasteiger partial charge is 0.267 e. The molecule has 1 unspecified atom stereocenters. The molecule has 0 spiro atoms. The zero-order valence-electron chi connectivity index (χ0n) is 8.49. The highest BCUT2D eigenvalue weighted by Gasteiger charge is 2.33. The average Bonchev–Trinajstić information content (AvgIpc) is 2.32. The van der Waals surface area contributed by atoms with Gasteiger partial charge < -0.3 is 4.90 Å². The van der Waals surface area contributed by atoms with Gasteiger partial charge >= 0.3 is 0 Å². The molecule has 76 valence electrons. The van der Waals surface area contributed by atoms with E-state index >= 15 is 0 Å². The van der Waals surface area contributed by atoms with Crippen molar-refractivity contribution in [1.29, 1.82) is 5.41 Å². The molecule has 0 saturated carbocycles. The largest absolute Gasteiger partial charge is 0.341 e. The Morgan fingerprint density at radius 3 is 3.07 bits per heavy atom. The molecule has 1 aliphatic carbocycles. The third kappa shape index (κ3) is 1.47. The summed E-state index contributed by atoms with van der Waals surface area (Å²) < 4.78 is 0. The van der Waals surface area contributed by atoms with Crippen molar-refractivity contribution in [2.45, 2.75) is 19.3 Å². The van der Waals surface area contributed by atoms with Crippen molar-refractivity contribution in [2.75, 3.05) is 13.6 Å². The number of hydrogen-bond acceptors (Lipinski definition) is 2. The first kappa shape index (κ1) is 9.44. The van der Waals surface area contributed by atoms with E-state index in [9.17, 15) is 4.79 Å². The van der Waals surface area contributed by atoms with Crippen molar-refractivity contribution >= 4 is 11.6 Å². The Kier molecular flexibility index (Phi) is 2.40. The van der Waals surface area contributed by atoms with E-state index in [0.717, 1.165) is 25.8 Å². The number of carbonyl (C=O) groups excluding carboxylic acids is 1. The number of allylic oxidation sites excluding steroid dienone is 2. The van der Waals surface area contributed by atoms with Gasteiger partial charge in [0.25, 0.3) is 5.91 Å². The van der Waals surface area contributed by atoms with Crippen molar-refractivity contribution < 1.29 is 4.79 Å². The third-order valence-corrected chi connectivity index (χ3v) is 3.30. The summed E-state index contributed by atoms with van der Waals surface area (Å²) in [5.41, 5.74) is 0.283. The number of fused-ring (bicyclic) bond motifs is 1. The van der Waals surface area contributed by atoms with Gasteiger partial charge in [-0.3, -0.25) is 10.2 Å². The molecule has 0 bridgehead atoms. The number of amides is 1. The Bertz CT molecular complexity index is 296. The SMILES string of the molecule is CN1CC[C@@H]2CCC=CC2C(=N)C1=O. The summed E-state index contributed by atoms with van der Waals surface area (Å²) in [7, 11) is 1.79. The van der Waals surface area contributed by atoms with Crippen molar-refractivity contribution in [3.8, 4) is 0 Å². The average molecular weight is 192 g/mol. The van der Waals surface area contributed by atoms with Crippen LogP contribution in [0.3, 0.4) is 0 Å². The number of carbonyl (C=O) groups is 1. The maximum atomic E-state index is 11.7. The van der Waals surface area contributed by atoms with E-state index in [1.165, 1.54) is 0 Å². The number of nitrogens with zero attached hydrogens (tertiary/aromatic N) is 1. The molecule has 14 heavy (non-hydrogen) atoms. The Labute approximate surface area is 84.3 Å². The summed E-state index contributed by atoms with van der Waals surface area (Å²) in [6, 6.07) is 0. The maximum absolute atomic E-state index is 11.7. The Morgan fingerprint density at radius 1 is 1.50 bits per heavy atom. The van der Waals surface area contributed by atoms with Gasteiger partial charge in [-0.2, -0.15) is 0 Å². The molecular formula is C11H16N2O. The van der Waals surface area contributed by atoms with Crippen LogP contribution in [0.25, 0.3) is 0 Å². The lowest BCUT2D eigenvalue weighted by molar-refractivity contribution is -0.122. The van der Waals surface area contributed by atoms with Gasteiger partial charge in [0.2, 0.25) is 0 Å². The second-order valence-corrected chi connectivity index (χ2v) is 4.22. The molecule has 3 nitrogen and oxygen atoms in total. The zero-order chi connectivity index (χ0) is 10.1. The van der Waals surface area contributed by atoms with Crippen LogP contribution in [0, 0.1) is 17.2 Å². The number of nitrogens with one attached hydrogen (secondary N) is 1. The Hall–Kier alpha value is -1.12. The topological polar surface area (TPSA) is 44.2 Å². The molecule has 1 N–H and O–H groups in total. The van der Waals surface area contributed by atoms with Crippen molar-refractivity contribution in [3.05, 3.63) is 12.2 Å². The highest BCUT2D eigenvalue weighted by Crippen LogP contribution is 2.31. The standard InChI is InChI=1S/C11H16N2O/c1-13-7-6-8-4-2-3-5-9(8)10(12)11(13)14/h3,5,8-9,12H,2,4,6-7H2,1H3/t8-,9?/m0/s1. The minimum absolute atomic E-state index is 0.0844. The fourth-order valence-electron chi connectivity index (χ4n) is 2.35. The highest BCUT2D eigenvalue weighted by molar-refractivity contribution is 6.38. The van der Waals surface area contributed by atoms with E-state index in [4.69, 9.17) is 5.41 Å². The predicted octanol–water partition coefficient (Wildman–Crippen LogP) is 1.45. The quantitative estimate of drug-likeness (QED) is 0.580. The van der Waals surface area contributed by atoms with E-state index < -0.39 is 0 Å². The van der Waals surface area contributed by atoms with Crippen LogP contribution in [0.5, 0.6) is 0 Å². The molecule has 1 amide bonds. The van der Waals surface area contributed by atoms with E-state index in [-0.39, 0.29) is 17.5 Å². The van der Waals surface area contributed by atoms with Gasteiger partial charge in [0.15, 0.2) is 0 Å². The second-order valence-electron chi connectivity index (χ2n) is 4.22. The van der Waals surface area contributed by atoms with Crippen LogP contribution in [0.4, 0.5) is 0 Å². The van der Waals surface area contributed by atoms with E-state index in [0.29, 0.717) is 5.92 Å². The van der Waals surface area contributed by atoms with Crippen LogP contribution in [-0.2, 0) is 4.79 Å². The number of hydrogen-bond donors (Lipinski definition) is 1. The molecule has 0 radical (unpaired) electrons. The van der Waals surface area contributed by atoms with E-state index in [2.05, 4.69) is 6.08 Å². The fraction of sp³-hybridized carbons (Fsp3) is 0.636. The van der Waals surface area contributed by atoms with Crippen LogP contribution in [0.1, 0.15) is 19.3 Å². The van der Waals surface area contributed by atoms with E-state index in [1.807, 2.05) is 6.08 Å². The van der Waals surface area contributed by atoms with Gasteiger partial charge in [0, 0.05) is 19.5 Å². The van der Waals surface area contributed by atoms with Crippen molar-refractivity contribution in [3.63, 3.8) is 0 Å². The summed E-state index contributed by atoms with van der Waals surface area (Å²) >= 11 is 0. The van der Waals surface area contributed by atoms with Crippen LogP contribution < -0.4 is 0 Å².